The molecule has 3 heterocycles. The molecular formula is C14H20N4O. The first-order valence-corrected chi connectivity index (χ1v) is 6.98. The van der Waals surface area contributed by atoms with E-state index in [1.54, 1.807) is 6.20 Å². The summed E-state index contributed by atoms with van der Waals surface area (Å²) in [4.78, 5) is 21.0. The highest BCUT2D eigenvalue weighted by molar-refractivity contribution is 5.84. The Morgan fingerprint density at radius 1 is 1.26 bits per heavy atom. The van der Waals surface area contributed by atoms with Gasteiger partial charge >= 0.3 is 0 Å². The molecule has 2 aliphatic heterocycles. The van der Waals surface area contributed by atoms with Crippen LogP contribution in [0, 0.1) is 0 Å². The molecule has 5 nitrogen and oxygen atoms in total. The maximum absolute atomic E-state index is 12.4. The van der Waals surface area contributed by atoms with E-state index in [0.717, 1.165) is 44.8 Å². The third-order valence-corrected chi connectivity index (χ3v) is 3.94. The largest absolute Gasteiger partial charge is 0.335 e. The molecule has 102 valence electrons. The first-order chi connectivity index (χ1) is 9.34. The molecular weight excluding hydrogens is 240 g/mol. The van der Waals surface area contributed by atoms with Gasteiger partial charge in [-0.3, -0.25) is 14.7 Å². The standard InChI is InChI=1S/C14H20N4O/c19-14-13(17-9-6-15-7-10-17)4-8-18(14)11-12-3-1-2-5-16-12/h1-3,5,13,15H,4,6-11H2. The molecule has 0 bridgehead atoms. The van der Waals surface area contributed by atoms with E-state index in [0.29, 0.717) is 6.54 Å². The molecule has 0 aromatic carbocycles. The molecule has 1 aromatic heterocycles. The van der Waals surface area contributed by atoms with E-state index in [2.05, 4.69) is 15.2 Å². The molecule has 1 unspecified atom stereocenters. The van der Waals surface area contributed by atoms with Crippen LogP contribution in [-0.2, 0) is 11.3 Å². The van der Waals surface area contributed by atoms with Crippen molar-refractivity contribution in [2.24, 2.45) is 0 Å². The zero-order valence-electron chi connectivity index (χ0n) is 11.1. The van der Waals surface area contributed by atoms with E-state index in [-0.39, 0.29) is 11.9 Å². The number of piperazine rings is 1. The van der Waals surface area contributed by atoms with E-state index < -0.39 is 0 Å². The third kappa shape index (κ3) is 2.77. The lowest BCUT2D eigenvalue weighted by Gasteiger charge is -2.31. The van der Waals surface area contributed by atoms with Gasteiger partial charge in [0.1, 0.15) is 0 Å². The van der Waals surface area contributed by atoms with Gasteiger partial charge in [-0.2, -0.15) is 0 Å². The van der Waals surface area contributed by atoms with Gasteiger partial charge in [-0.25, -0.2) is 0 Å². The lowest BCUT2D eigenvalue weighted by molar-refractivity contribution is -0.132. The predicted octanol–water partition coefficient (Wildman–Crippen LogP) is 0.0877. The Bertz CT molecular complexity index is 430. The molecule has 1 atom stereocenters. The number of amides is 1. The second kappa shape index (κ2) is 5.67. The molecule has 1 aromatic rings. The number of nitrogens with zero attached hydrogens (tertiary/aromatic N) is 3. The molecule has 0 aliphatic carbocycles. The van der Waals surface area contributed by atoms with E-state index in [4.69, 9.17) is 0 Å². The number of hydrogen-bond donors (Lipinski definition) is 1. The van der Waals surface area contributed by atoms with Gasteiger partial charge in [-0.05, 0) is 18.6 Å². The second-order valence-corrected chi connectivity index (χ2v) is 5.17. The summed E-state index contributed by atoms with van der Waals surface area (Å²) in [5.74, 6) is 0.271. The first kappa shape index (κ1) is 12.6. The van der Waals surface area contributed by atoms with Crippen LogP contribution in [0.15, 0.2) is 24.4 Å². The number of aromatic nitrogens is 1. The molecule has 1 amide bonds. The maximum atomic E-state index is 12.4. The van der Waals surface area contributed by atoms with Gasteiger partial charge in [0.25, 0.3) is 0 Å². The van der Waals surface area contributed by atoms with Crippen LogP contribution in [0.25, 0.3) is 0 Å². The minimum Gasteiger partial charge on any atom is -0.335 e. The average molecular weight is 260 g/mol. The van der Waals surface area contributed by atoms with Gasteiger partial charge in [-0.15, -0.1) is 0 Å². The summed E-state index contributed by atoms with van der Waals surface area (Å²) < 4.78 is 0. The Hall–Kier alpha value is -1.46. The SMILES string of the molecule is O=C1C(N2CCNCC2)CCN1Cc1ccccn1. The molecule has 2 saturated heterocycles. The van der Waals surface area contributed by atoms with Crippen LogP contribution in [0.3, 0.4) is 0 Å². The summed E-state index contributed by atoms with van der Waals surface area (Å²) in [7, 11) is 0. The number of hydrogen-bond acceptors (Lipinski definition) is 4. The summed E-state index contributed by atoms with van der Waals surface area (Å²) in [5, 5.41) is 3.33. The summed E-state index contributed by atoms with van der Waals surface area (Å²) in [6.45, 7) is 5.43. The van der Waals surface area contributed by atoms with E-state index in [1.807, 2.05) is 23.1 Å². The van der Waals surface area contributed by atoms with Crippen molar-refractivity contribution in [2.75, 3.05) is 32.7 Å². The van der Waals surface area contributed by atoms with Crippen LogP contribution in [0.5, 0.6) is 0 Å². The van der Waals surface area contributed by atoms with E-state index in [9.17, 15) is 4.79 Å². The van der Waals surface area contributed by atoms with Crippen molar-refractivity contribution >= 4 is 5.91 Å². The Labute approximate surface area is 113 Å². The summed E-state index contributed by atoms with van der Waals surface area (Å²) in [5.41, 5.74) is 0.969. The van der Waals surface area contributed by atoms with Gasteiger partial charge in [0, 0.05) is 38.9 Å². The number of carbonyl (C=O) groups is 1. The number of pyridine rings is 1. The van der Waals surface area contributed by atoms with Crippen LogP contribution in [-0.4, -0.2) is 59.5 Å². The minimum absolute atomic E-state index is 0.0887. The zero-order chi connectivity index (χ0) is 13.1. The van der Waals surface area contributed by atoms with Gasteiger partial charge in [0.05, 0.1) is 18.3 Å². The third-order valence-electron chi connectivity index (χ3n) is 3.94. The molecule has 0 saturated carbocycles. The Morgan fingerprint density at radius 3 is 2.84 bits per heavy atom. The average Bonchev–Trinajstić information content (AvgIpc) is 2.82. The van der Waals surface area contributed by atoms with Gasteiger partial charge in [0.15, 0.2) is 0 Å². The fraction of sp³-hybridized carbons (Fsp3) is 0.571. The molecule has 2 fully saturated rings. The van der Waals surface area contributed by atoms with Gasteiger partial charge < -0.3 is 10.2 Å². The highest BCUT2D eigenvalue weighted by atomic mass is 16.2. The van der Waals surface area contributed by atoms with Gasteiger partial charge in [-0.1, -0.05) is 6.07 Å². The normalized spacial score (nSPS) is 24.9. The number of carbonyl (C=O) groups excluding carboxylic acids is 1. The fourth-order valence-electron chi connectivity index (χ4n) is 2.90. The smallest absolute Gasteiger partial charge is 0.240 e. The second-order valence-electron chi connectivity index (χ2n) is 5.17. The molecule has 5 heteroatoms. The summed E-state index contributed by atoms with van der Waals surface area (Å²) >= 11 is 0. The zero-order valence-corrected chi connectivity index (χ0v) is 11.1. The Kier molecular flexibility index (Phi) is 3.75. The van der Waals surface area contributed by atoms with Crippen molar-refractivity contribution < 1.29 is 4.79 Å². The molecule has 2 aliphatic rings. The number of likely N-dealkylation sites (tertiary alicyclic amines) is 1. The van der Waals surface area contributed by atoms with Crippen LogP contribution in [0.2, 0.25) is 0 Å². The first-order valence-electron chi connectivity index (χ1n) is 6.98. The van der Waals surface area contributed by atoms with Crippen LogP contribution >= 0.6 is 0 Å². The van der Waals surface area contributed by atoms with E-state index >= 15 is 0 Å². The highest BCUT2D eigenvalue weighted by Gasteiger charge is 2.36. The quantitative estimate of drug-likeness (QED) is 0.836. The van der Waals surface area contributed by atoms with Crippen LogP contribution < -0.4 is 5.32 Å². The Balaban J connectivity index is 1.62. The molecule has 3 rings (SSSR count). The van der Waals surface area contributed by atoms with Crippen molar-refractivity contribution in [1.82, 2.24) is 20.1 Å². The summed E-state index contributed by atoms with van der Waals surface area (Å²) in [6.07, 6.45) is 2.73. The molecule has 1 N–H and O–H groups in total. The minimum atomic E-state index is 0.0887. The topological polar surface area (TPSA) is 48.5 Å². The lowest BCUT2D eigenvalue weighted by Crippen LogP contribution is -2.51. The maximum Gasteiger partial charge on any atom is 0.240 e. The molecule has 19 heavy (non-hydrogen) atoms. The number of rotatable bonds is 3. The van der Waals surface area contributed by atoms with Gasteiger partial charge in [0.2, 0.25) is 5.91 Å². The van der Waals surface area contributed by atoms with E-state index in [1.165, 1.54) is 0 Å². The van der Waals surface area contributed by atoms with Crippen molar-refractivity contribution in [3.05, 3.63) is 30.1 Å². The van der Waals surface area contributed by atoms with Crippen molar-refractivity contribution in [2.45, 2.75) is 19.0 Å². The summed E-state index contributed by atoms with van der Waals surface area (Å²) in [6, 6.07) is 5.94. The lowest BCUT2D eigenvalue weighted by atomic mass is 10.2. The Morgan fingerprint density at radius 2 is 2.11 bits per heavy atom. The van der Waals surface area contributed by atoms with Crippen molar-refractivity contribution in [3.8, 4) is 0 Å². The fourth-order valence-corrected chi connectivity index (χ4v) is 2.90. The molecule has 0 spiro atoms. The van der Waals surface area contributed by atoms with Crippen molar-refractivity contribution in [3.63, 3.8) is 0 Å². The van der Waals surface area contributed by atoms with Crippen LogP contribution in [0.4, 0.5) is 0 Å². The van der Waals surface area contributed by atoms with Crippen LogP contribution in [0.1, 0.15) is 12.1 Å². The molecule has 0 radical (unpaired) electrons. The monoisotopic (exact) mass is 260 g/mol. The number of nitrogens with one attached hydrogen (secondary N) is 1. The highest BCUT2D eigenvalue weighted by Crippen LogP contribution is 2.19. The predicted molar refractivity (Wildman–Crippen MR) is 72.5 cm³/mol. The van der Waals surface area contributed by atoms with Crippen molar-refractivity contribution in [1.29, 1.82) is 0 Å².